The van der Waals surface area contributed by atoms with Gasteiger partial charge in [-0.2, -0.15) is 0 Å². The fraction of sp³-hybridized carbons (Fsp3) is 0.600. The summed E-state index contributed by atoms with van der Waals surface area (Å²) in [6.07, 6.45) is 3.63. The van der Waals surface area contributed by atoms with Crippen LogP contribution in [0, 0.1) is 0 Å². The van der Waals surface area contributed by atoms with Gasteiger partial charge in [0.1, 0.15) is 0 Å². The Morgan fingerprint density at radius 2 is 2.20 bits per heavy atom. The summed E-state index contributed by atoms with van der Waals surface area (Å²) in [4.78, 5) is 2.46. The van der Waals surface area contributed by atoms with E-state index in [1.807, 2.05) is 12.1 Å². The average molecular weight is 343 g/mol. The van der Waals surface area contributed by atoms with E-state index in [-0.39, 0.29) is 5.75 Å². The largest absolute Gasteiger partial charge is 0.503 e. The molecule has 1 aliphatic rings. The summed E-state index contributed by atoms with van der Waals surface area (Å²) in [6, 6.07) is 4.83. The molecule has 0 aliphatic carbocycles. The summed E-state index contributed by atoms with van der Waals surface area (Å²) in [5.74, 6) is 0.654. The molecular weight excluding hydrogens is 320 g/mol. The number of hydrogen-bond acceptors (Lipinski definition) is 4. The van der Waals surface area contributed by atoms with Crippen molar-refractivity contribution in [2.24, 2.45) is 5.73 Å². The number of rotatable bonds is 4. The Labute approximate surface area is 129 Å². The molecule has 0 amide bonds. The van der Waals surface area contributed by atoms with Gasteiger partial charge in [0.2, 0.25) is 0 Å². The maximum Gasteiger partial charge on any atom is 0.172 e. The molecule has 0 bridgehead atoms. The summed E-state index contributed by atoms with van der Waals surface area (Å²) in [5, 5.41) is 9.87. The van der Waals surface area contributed by atoms with Crippen LogP contribution in [0.25, 0.3) is 0 Å². The van der Waals surface area contributed by atoms with Gasteiger partial charge in [0, 0.05) is 25.2 Å². The van der Waals surface area contributed by atoms with Crippen LogP contribution in [0.5, 0.6) is 11.5 Å². The SMILES string of the molecule is COc1cc(CN2C(C)CCCC2CN)cc(Br)c1O. The molecule has 5 heteroatoms. The minimum Gasteiger partial charge on any atom is -0.503 e. The van der Waals surface area contributed by atoms with Gasteiger partial charge in [-0.05, 0) is 53.4 Å². The lowest BCUT2D eigenvalue weighted by atomic mass is 9.95. The molecular formula is C15H23BrN2O2. The number of likely N-dealkylation sites (tertiary alicyclic amines) is 1. The lowest BCUT2D eigenvalue weighted by Gasteiger charge is -2.40. The molecule has 2 atom stereocenters. The van der Waals surface area contributed by atoms with E-state index in [1.54, 1.807) is 7.11 Å². The zero-order chi connectivity index (χ0) is 14.7. The molecule has 1 heterocycles. The number of nitrogens with two attached hydrogens (primary N) is 1. The molecule has 0 aromatic heterocycles. The maximum atomic E-state index is 9.87. The number of benzene rings is 1. The van der Waals surface area contributed by atoms with Gasteiger partial charge in [-0.3, -0.25) is 4.90 Å². The van der Waals surface area contributed by atoms with E-state index in [0.717, 1.165) is 18.5 Å². The molecule has 1 aliphatic heterocycles. The molecule has 1 aromatic rings. The Hall–Kier alpha value is -0.780. The zero-order valence-corrected chi connectivity index (χ0v) is 13.7. The highest BCUT2D eigenvalue weighted by Gasteiger charge is 2.27. The van der Waals surface area contributed by atoms with Crippen molar-refractivity contribution in [2.75, 3.05) is 13.7 Å². The summed E-state index contributed by atoms with van der Waals surface area (Å²) in [7, 11) is 1.57. The quantitative estimate of drug-likeness (QED) is 0.883. The van der Waals surface area contributed by atoms with Crippen LogP contribution in [0.15, 0.2) is 16.6 Å². The van der Waals surface area contributed by atoms with E-state index in [0.29, 0.717) is 28.9 Å². The molecule has 2 unspecified atom stereocenters. The van der Waals surface area contributed by atoms with Crippen molar-refractivity contribution >= 4 is 15.9 Å². The number of nitrogens with zero attached hydrogens (tertiary/aromatic N) is 1. The molecule has 20 heavy (non-hydrogen) atoms. The topological polar surface area (TPSA) is 58.7 Å². The summed E-state index contributed by atoms with van der Waals surface area (Å²) in [6.45, 7) is 3.79. The Morgan fingerprint density at radius 3 is 2.85 bits per heavy atom. The van der Waals surface area contributed by atoms with Crippen molar-refractivity contribution in [2.45, 2.75) is 44.8 Å². The molecule has 1 fully saturated rings. The number of methoxy groups -OCH3 is 1. The first-order chi connectivity index (χ1) is 9.56. The number of halogens is 1. The standard InChI is InChI=1S/C15H23BrN2O2/c1-10-4-3-5-12(8-17)18(10)9-11-6-13(16)15(19)14(7-11)20-2/h6-7,10,12,19H,3-5,8-9,17H2,1-2H3. The fourth-order valence-corrected chi connectivity index (χ4v) is 3.45. The molecule has 3 N–H and O–H groups in total. The molecule has 1 saturated heterocycles. The van der Waals surface area contributed by atoms with Crippen molar-refractivity contribution in [3.8, 4) is 11.5 Å². The highest BCUT2D eigenvalue weighted by Crippen LogP contribution is 2.36. The Kier molecular flexibility index (Phi) is 5.29. The number of ether oxygens (including phenoxy) is 1. The van der Waals surface area contributed by atoms with Crippen molar-refractivity contribution < 1.29 is 9.84 Å². The average Bonchev–Trinajstić information content (AvgIpc) is 2.44. The van der Waals surface area contributed by atoms with Crippen LogP contribution >= 0.6 is 15.9 Å². The number of phenolic OH excluding ortho intramolecular Hbond substituents is 1. The van der Waals surface area contributed by atoms with Gasteiger partial charge in [0.15, 0.2) is 11.5 Å². The minimum atomic E-state index is 0.151. The van der Waals surface area contributed by atoms with Gasteiger partial charge in [0.25, 0.3) is 0 Å². The molecule has 4 nitrogen and oxygen atoms in total. The van der Waals surface area contributed by atoms with Crippen LogP contribution in [-0.2, 0) is 6.54 Å². The fourth-order valence-electron chi connectivity index (χ4n) is 2.96. The third-order valence-electron chi connectivity index (χ3n) is 4.14. The van der Waals surface area contributed by atoms with Crippen LogP contribution in [0.1, 0.15) is 31.7 Å². The van der Waals surface area contributed by atoms with E-state index in [2.05, 4.69) is 27.8 Å². The van der Waals surface area contributed by atoms with Crippen LogP contribution in [0.3, 0.4) is 0 Å². The van der Waals surface area contributed by atoms with E-state index in [4.69, 9.17) is 10.5 Å². The third-order valence-corrected chi connectivity index (χ3v) is 4.74. The molecule has 0 saturated carbocycles. The van der Waals surface area contributed by atoms with Gasteiger partial charge < -0.3 is 15.6 Å². The predicted octanol–water partition coefficient (Wildman–Crippen LogP) is 2.87. The van der Waals surface area contributed by atoms with E-state index in [1.165, 1.54) is 12.8 Å². The Morgan fingerprint density at radius 1 is 1.45 bits per heavy atom. The summed E-state index contributed by atoms with van der Waals surface area (Å²) >= 11 is 3.38. The van der Waals surface area contributed by atoms with Crippen molar-refractivity contribution in [1.29, 1.82) is 0 Å². The third kappa shape index (κ3) is 3.27. The van der Waals surface area contributed by atoms with Gasteiger partial charge in [-0.25, -0.2) is 0 Å². The van der Waals surface area contributed by atoms with Crippen molar-refractivity contribution in [3.05, 3.63) is 22.2 Å². The second-order valence-corrected chi connectivity index (χ2v) is 6.32. The Balaban J connectivity index is 2.21. The van der Waals surface area contributed by atoms with Gasteiger partial charge >= 0.3 is 0 Å². The minimum absolute atomic E-state index is 0.151. The van der Waals surface area contributed by atoms with Crippen LogP contribution in [0.4, 0.5) is 0 Å². The first-order valence-electron chi connectivity index (χ1n) is 7.08. The predicted molar refractivity (Wildman–Crippen MR) is 84.1 cm³/mol. The molecule has 2 rings (SSSR count). The lowest BCUT2D eigenvalue weighted by Crippen LogP contribution is -2.48. The summed E-state index contributed by atoms with van der Waals surface area (Å²) in [5.41, 5.74) is 7.03. The first kappa shape index (κ1) is 15.6. The normalized spacial score (nSPS) is 23.8. The maximum absolute atomic E-state index is 9.87. The monoisotopic (exact) mass is 342 g/mol. The molecule has 1 aromatic carbocycles. The van der Waals surface area contributed by atoms with Gasteiger partial charge in [0.05, 0.1) is 11.6 Å². The number of hydrogen-bond donors (Lipinski definition) is 2. The van der Waals surface area contributed by atoms with Crippen molar-refractivity contribution in [3.63, 3.8) is 0 Å². The van der Waals surface area contributed by atoms with Crippen molar-refractivity contribution in [1.82, 2.24) is 4.90 Å². The van der Waals surface area contributed by atoms with Crippen LogP contribution in [-0.4, -0.2) is 35.7 Å². The number of piperidine rings is 1. The zero-order valence-electron chi connectivity index (χ0n) is 12.1. The lowest BCUT2D eigenvalue weighted by molar-refractivity contribution is 0.0891. The summed E-state index contributed by atoms with van der Waals surface area (Å²) < 4.78 is 5.88. The van der Waals surface area contributed by atoms with Crippen LogP contribution in [0.2, 0.25) is 0 Å². The smallest absolute Gasteiger partial charge is 0.172 e. The molecule has 112 valence electrons. The molecule has 0 radical (unpaired) electrons. The van der Waals surface area contributed by atoms with Gasteiger partial charge in [-0.15, -0.1) is 0 Å². The highest BCUT2D eigenvalue weighted by atomic mass is 79.9. The van der Waals surface area contributed by atoms with E-state index in [9.17, 15) is 5.11 Å². The van der Waals surface area contributed by atoms with E-state index < -0.39 is 0 Å². The Bertz CT molecular complexity index is 467. The van der Waals surface area contributed by atoms with E-state index >= 15 is 0 Å². The second-order valence-electron chi connectivity index (χ2n) is 5.47. The highest BCUT2D eigenvalue weighted by molar-refractivity contribution is 9.10. The second kappa shape index (κ2) is 6.78. The number of phenols is 1. The number of aromatic hydroxyl groups is 1. The first-order valence-corrected chi connectivity index (χ1v) is 7.87. The molecule has 0 spiro atoms. The van der Waals surface area contributed by atoms with Gasteiger partial charge in [-0.1, -0.05) is 6.42 Å². The van der Waals surface area contributed by atoms with Crippen LogP contribution < -0.4 is 10.5 Å².